The molecule has 0 spiro atoms. The van der Waals surface area contributed by atoms with Crippen molar-refractivity contribution >= 4 is 5.78 Å². The van der Waals surface area contributed by atoms with Gasteiger partial charge in [-0.05, 0) is 24.7 Å². The molecule has 1 aliphatic rings. The smallest absolute Gasteiger partial charge is 0.133 e. The standard InChI is InChI=1S/C12H20O/c1-3-4-5-8-12(2)9-6-7-11(13)10-12/h5,8H,3-4,6-7,9-10H2,1-2H3/b8-5-. The molecule has 0 aromatic rings. The van der Waals surface area contributed by atoms with Gasteiger partial charge in [0.1, 0.15) is 5.78 Å². The molecule has 1 heteroatoms. The Kier molecular flexibility index (Phi) is 3.71. The van der Waals surface area contributed by atoms with E-state index in [1.165, 1.54) is 12.8 Å². The first kappa shape index (κ1) is 10.5. The molecule has 0 saturated heterocycles. The van der Waals surface area contributed by atoms with E-state index < -0.39 is 0 Å². The molecule has 0 aliphatic heterocycles. The van der Waals surface area contributed by atoms with Crippen LogP contribution >= 0.6 is 0 Å². The maximum Gasteiger partial charge on any atom is 0.133 e. The first-order valence-electron chi connectivity index (χ1n) is 5.36. The molecule has 74 valence electrons. The number of Topliss-reactive ketones (excluding diaryl/α,β-unsaturated/α-hetero) is 1. The topological polar surface area (TPSA) is 17.1 Å². The van der Waals surface area contributed by atoms with Crippen molar-refractivity contribution in [3.63, 3.8) is 0 Å². The Morgan fingerprint density at radius 1 is 1.54 bits per heavy atom. The molecule has 0 amide bonds. The maximum absolute atomic E-state index is 11.3. The number of hydrogen-bond donors (Lipinski definition) is 0. The van der Waals surface area contributed by atoms with Gasteiger partial charge in [0.25, 0.3) is 0 Å². The molecule has 1 nitrogen and oxygen atoms in total. The molecule has 0 aromatic carbocycles. The van der Waals surface area contributed by atoms with E-state index in [0.29, 0.717) is 5.78 Å². The lowest BCUT2D eigenvalue weighted by molar-refractivity contribution is -0.122. The minimum atomic E-state index is 0.171. The fraction of sp³-hybridized carbons (Fsp3) is 0.750. The predicted molar refractivity (Wildman–Crippen MR) is 55.6 cm³/mol. The van der Waals surface area contributed by atoms with Gasteiger partial charge in [0.2, 0.25) is 0 Å². The van der Waals surface area contributed by atoms with Crippen LogP contribution in [0.4, 0.5) is 0 Å². The summed E-state index contributed by atoms with van der Waals surface area (Å²) in [5, 5.41) is 0. The van der Waals surface area contributed by atoms with Crippen LogP contribution in [0.25, 0.3) is 0 Å². The second-order valence-electron chi connectivity index (χ2n) is 4.41. The summed E-state index contributed by atoms with van der Waals surface area (Å²) in [5.41, 5.74) is 0.171. The predicted octanol–water partition coefficient (Wildman–Crippen LogP) is 3.49. The first-order valence-corrected chi connectivity index (χ1v) is 5.36. The van der Waals surface area contributed by atoms with Gasteiger partial charge in [-0.2, -0.15) is 0 Å². The zero-order valence-corrected chi connectivity index (χ0v) is 8.81. The van der Waals surface area contributed by atoms with Crippen LogP contribution in [-0.2, 0) is 4.79 Å². The van der Waals surface area contributed by atoms with Crippen molar-refractivity contribution in [1.82, 2.24) is 0 Å². The minimum Gasteiger partial charge on any atom is -0.300 e. The highest BCUT2D eigenvalue weighted by molar-refractivity contribution is 5.80. The molecule has 13 heavy (non-hydrogen) atoms. The van der Waals surface area contributed by atoms with Crippen LogP contribution in [0, 0.1) is 5.41 Å². The van der Waals surface area contributed by atoms with E-state index in [4.69, 9.17) is 0 Å². The van der Waals surface area contributed by atoms with Gasteiger partial charge in [0.05, 0.1) is 0 Å². The maximum atomic E-state index is 11.3. The molecule has 0 aromatic heterocycles. The van der Waals surface area contributed by atoms with Crippen LogP contribution in [0.15, 0.2) is 12.2 Å². The van der Waals surface area contributed by atoms with E-state index >= 15 is 0 Å². The van der Waals surface area contributed by atoms with E-state index in [0.717, 1.165) is 25.7 Å². The van der Waals surface area contributed by atoms with Gasteiger partial charge in [0, 0.05) is 12.8 Å². The zero-order valence-electron chi connectivity index (χ0n) is 8.81. The molecule has 0 bridgehead atoms. The third-order valence-corrected chi connectivity index (χ3v) is 2.78. The molecule has 1 fully saturated rings. The quantitative estimate of drug-likeness (QED) is 0.607. The number of carbonyl (C=O) groups is 1. The van der Waals surface area contributed by atoms with Crippen molar-refractivity contribution < 1.29 is 4.79 Å². The summed E-state index contributed by atoms with van der Waals surface area (Å²) in [6.45, 7) is 4.38. The lowest BCUT2D eigenvalue weighted by Crippen LogP contribution is -2.23. The van der Waals surface area contributed by atoms with E-state index in [-0.39, 0.29) is 5.41 Å². The van der Waals surface area contributed by atoms with Crippen LogP contribution in [0.3, 0.4) is 0 Å². The summed E-state index contributed by atoms with van der Waals surface area (Å²) in [7, 11) is 0. The fourth-order valence-corrected chi connectivity index (χ4v) is 1.99. The lowest BCUT2D eigenvalue weighted by Gasteiger charge is -2.29. The van der Waals surface area contributed by atoms with Crippen LogP contribution in [0.1, 0.15) is 52.4 Å². The van der Waals surface area contributed by atoms with Crippen LogP contribution < -0.4 is 0 Å². The summed E-state index contributed by atoms with van der Waals surface area (Å²) in [5.74, 6) is 0.440. The summed E-state index contributed by atoms with van der Waals surface area (Å²) < 4.78 is 0. The highest BCUT2D eigenvalue weighted by Gasteiger charge is 2.28. The molecule has 1 saturated carbocycles. The number of rotatable bonds is 3. The molecule has 1 atom stereocenters. The SMILES string of the molecule is CCC/C=C\C1(C)CCCC(=O)C1. The number of hydrogen-bond acceptors (Lipinski definition) is 1. The Hall–Kier alpha value is -0.590. The van der Waals surface area contributed by atoms with Gasteiger partial charge in [-0.1, -0.05) is 32.4 Å². The largest absolute Gasteiger partial charge is 0.300 e. The lowest BCUT2D eigenvalue weighted by atomic mass is 9.75. The van der Waals surface area contributed by atoms with E-state index in [9.17, 15) is 4.79 Å². The van der Waals surface area contributed by atoms with E-state index in [1.54, 1.807) is 0 Å². The highest BCUT2D eigenvalue weighted by atomic mass is 16.1. The molecule has 1 rings (SSSR count). The van der Waals surface area contributed by atoms with E-state index in [1.807, 2.05) is 0 Å². The molecule has 0 heterocycles. The highest BCUT2D eigenvalue weighted by Crippen LogP contribution is 2.35. The number of ketones is 1. The van der Waals surface area contributed by atoms with Crippen molar-refractivity contribution in [2.45, 2.75) is 52.4 Å². The van der Waals surface area contributed by atoms with Crippen LogP contribution in [0.5, 0.6) is 0 Å². The molecule has 0 radical (unpaired) electrons. The summed E-state index contributed by atoms with van der Waals surface area (Å²) in [6.07, 6.45) is 10.6. The number of allylic oxidation sites excluding steroid dienone is 2. The monoisotopic (exact) mass is 180 g/mol. The van der Waals surface area contributed by atoms with Gasteiger partial charge >= 0.3 is 0 Å². The van der Waals surface area contributed by atoms with Gasteiger partial charge in [-0.15, -0.1) is 0 Å². The molecular weight excluding hydrogens is 160 g/mol. The van der Waals surface area contributed by atoms with Crippen molar-refractivity contribution in [2.24, 2.45) is 5.41 Å². The molecule has 0 N–H and O–H groups in total. The summed E-state index contributed by atoms with van der Waals surface area (Å²) >= 11 is 0. The summed E-state index contributed by atoms with van der Waals surface area (Å²) in [4.78, 5) is 11.3. The van der Waals surface area contributed by atoms with Gasteiger partial charge < -0.3 is 0 Å². The Labute approximate surface area is 81.2 Å². The van der Waals surface area contributed by atoms with Crippen molar-refractivity contribution in [3.8, 4) is 0 Å². The van der Waals surface area contributed by atoms with Gasteiger partial charge in [0.15, 0.2) is 0 Å². The number of unbranched alkanes of at least 4 members (excludes halogenated alkanes) is 1. The third kappa shape index (κ3) is 3.33. The van der Waals surface area contributed by atoms with Crippen molar-refractivity contribution in [2.75, 3.05) is 0 Å². The summed E-state index contributed by atoms with van der Waals surface area (Å²) in [6, 6.07) is 0. The third-order valence-electron chi connectivity index (χ3n) is 2.78. The van der Waals surface area contributed by atoms with E-state index in [2.05, 4.69) is 26.0 Å². The van der Waals surface area contributed by atoms with Gasteiger partial charge in [-0.3, -0.25) is 4.79 Å². The second-order valence-corrected chi connectivity index (χ2v) is 4.41. The Morgan fingerprint density at radius 2 is 2.31 bits per heavy atom. The van der Waals surface area contributed by atoms with Crippen molar-refractivity contribution in [3.05, 3.63) is 12.2 Å². The second kappa shape index (κ2) is 4.59. The van der Waals surface area contributed by atoms with Crippen LogP contribution in [-0.4, -0.2) is 5.78 Å². The Bertz CT molecular complexity index is 205. The molecule has 1 unspecified atom stereocenters. The molecular formula is C12H20O. The first-order chi connectivity index (χ1) is 6.16. The fourth-order valence-electron chi connectivity index (χ4n) is 1.99. The Morgan fingerprint density at radius 3 is 2.92 bits per heavy atom. The van der Waals surface area contributed by atoms with Crippen molar-refractivity contribution in [1.29, 1.82) is 0 Å². The average Bonchev–Trinajstić information content (AvgIpc) is 2.04. The van der Waals surface area contributed by atoms with Crippen LogP contribution in [0.2, 0.25) is 0 Å². The average molecular weight is 180 g/mol. The minimum absolute atomic E-state index is 0.171. The normalized spacial score (nSPS) is 29.8. The number of carbonyl (C=O) groups excluding carboxylic acids is 1. The molecule has 1 aliphatic carbocycles. The van der Waals surface area contributed by atoms with Gasteiger partial charge in [-0.25, -0.2) is 0 Å². The Balaban J connectivity index is 2.48. The zero-order chi connectivity index (χ0) is 9.73.